The van der Waals surface area contributed by atoms with E-state index in [1.165, 1.54) is 6.08 Å². The van der Waals surface area contributed by atoms with E-state index >= 15 is 0 Å². The van der Waals surface area contributed by atoms with Gasteiger partial charge in [0.1, 0.15) is 6.61 Å². The zero-order valence-electron chi connectivity index (χ0n) is 6.49. The van der Waals surface area contributed by atoms with Crippen LogP contribution in [0.5, 0.6) is 0 Å². The van der Waals surface area contributed by atoms with Gasteiger partial charge in [0, 0.05) is 0 Å². The molecule has 0 aliphatic heterocycles. The van der Waals surface area contributed by atoms with Crippen LogP contribution in [0.25, 0.3) is 0 Å². The predicted molar refractivity (Wildman–Crippen MR) is 45.3 cm³/mol. The first-order valence-corrected chi connectivity index (χ1v) is 3.15. The van der Waals surface area contributed by atoms with Crippen molar-refractivity contribution in [3.8, 4) is 0 Å². The minimum absolute atomic E-state index is 0. The van der Waals surface area contributed by atoms with Crippen molar-refractivity contribution >= 4 is 24.3 Å². The van der Waals surface area contributed by atoms with Gasteiger partial charge < -0.3 is 9.84 Å². The summed E-state index contributed by atoms with van der Waals surface area (Å²) in [6.07, 6.45) is 1.16. The minimum Gasteiger partial charge on any atom is -0.481 e. The van der Waals surface area contributed by atoms with E-state index < -0.39 is 11.9 Å². The molecule has 0 fully saturated rings. The van der Waals surface area contributed by atoms with Crippen LogP contribution in [-0.2, 0) is 14.3 Å². The van der Waals surface area contributed by atoms with Crippen molar-refractivity contribution < 1.29 is 19.4 Å². The van der Waals surface area contributed by atoms with Crippen molar-refractivity contribution in [2.24, 2.45) is 0 Å². The smallest absolute Gasteiger partial charge is 0.306 e. The lowest BCUT2D eigenvalue weighted by Gasteiger charge is -1.98. The van der Waals surface area contributed by atoms with Gasteiger partial charge in [-0.05, 0) is 0 Å². The highest BCUT2D eigenvalue weighted by Gasteiger charge is 2.04. The average Bonchev–Trinajstić information content (AvgIpc) is 1.97. The number of carbonyl (C=O) groups is 2. The van der Waals surface area contributed by atoms with Gasteiger partial charge >= 0.3 is 11.9 Å². The molecule has 0 aliphatic carbocycles. The number of halogens is 1. The molecular weight excluding hydrogens is 184 g/mol. The maximum Gasteiger partial charge on any atom is 0.306 e. The molecule has 0 amide bonds. The van der Waals surface area contributed by atoms with Crippen molar-refractivity contribution in [3.05, 3.63) is 12.7 Å². The molecular formula is C7H11ClO4. The van der Waals surface area contributed by atoms with Gasteiger partial charge in [0.25, 0.3) is 0 Å². The van der Waals surface area contributed by atoms with Crippen LogP contribution in [0.3, 0.4) is 0 Å². The Kier molecular flexibility index (Phi) is 9.11. The summed E-state index contributed by atoms with van der Waals surface area (Å²) in [6.45, 7) is 3.47. The van der Waals surface area contributed by atoms with Crippen molar-refractivity contribution in [1.82, 2.24) is 0 Å². The molecule has 0 saturated heterocycles. The number of carbonyl (C=O) groups excluding carboxylic acids is 1. The summed E-state index contributed by atoms with van der Waals surface area (Å²) in [5, 5.41) is 8.16. The summed E-state index contributed by atoms with van der Waals surface area (Å²) in [5.74, 6) is -1.51. The van der Waals surface area contributed by atoms with Crippen LogP contribution in [-0.4, -0.2) is 23.7 Å². The average molecular weight is 195 g/mol. The van der Waals surface area contributed by atoms with E-state index in [9.17, 15) is 9.59 Å². The lowest BCUT2D eigenvalue weighted by molar-refractivity contribution is -0.146. The molecule has 0 spiro atoms. The van der Waals surface area contributed by atoms with E-state index in [0.29, 0.717) is 0 Å². The SMILES string of the molecule is C=CCOC(=O)CCC(=O)O.Cl. The Morgan fingerprint density at radius 3 is 2.42 bits per heavy atom. The molecule has 0 aromatic carbocycles. The molecule has 1 N–H and O–H groups in total. The maximum atomic E-state index is 10.6. The van der Waals surface area contributed by atoms with E-state index in [1.54, 1.807) is 0 Å². The lowest BCUT2D eigenvalue weighted by Crippen LogP contribution is -2.07. The predicted octanol–water partition coefficient (Wildman–Crippen LogP) is 1.00. The molecule has 0 aromatic rings. The second kappa shape index (κ2) is 8.07. The molecule has 4 nitrogen and oxygen atoms in total. The molecule has 5 heteroatoms. The molecule has 0 bridgehead atoms. The molecule has 0 radical (unpaired) electrons. The fourth-order valence-electron chi connectivity index (χ4n) is 0.433. The number of esters is 1. The van der Waals surface area contributed by atoms with Gasteiger partial charge in [-0.15, -0.1) is 12.4 Å². The first-order valence-electron chi connectivity index (χ1n) is 3.15. The summed E-state index contributed by atoms with van der Waals surface area (Å²) in [5.41, 5.74) is 0. The highest BCUT2D eigenvalue weighted by molar-refractivity contribution is 5.85. The number of rotatable bonds is 5. The summed E-state index contributed by atoms with van der Waals surface area (Å²) in [7, 11) is 0. The van der Waals surface area contributed by atoms with E-state index in [0.717, 1.165) is 0 Å². The van der Waals surface area contributed by atoms with Gasteiger partial charge in [0.15, 0.2) is 0 Å². The van der Waals surface area contributed by atoms with Crippen LogP contribution in [0.4, 0.5) is 0 Å². The molecule has 70 valence electrons. The third-order valence-corrected chi connectivity index (χ3v) is 0.905. The number of hydrogen-bond donors (Lipinski definition) is 1. The first kappa shape index (κ1) is 13.6. The molecule has 0 heterocycles. The maximum absolute atomic E-state index is 10.6. The van der Waals surface area contributed by atoms with Gasteiger partial charge in [0.2, 0.25) is 0 Å². The molecule has 0 unspecified atom stereocenters. The van der Waals surface area contributed by atoms with Crippen LogP contribution in [0.2, 0.25) is 0 Å². The van der Waals surface area contributed by atoms with Crippen molar-refractivity contribution in [2.75, 3.05) is 6.61 Å². The Morgan fingerprint density at radius 1 is 1.42 bits per heavy atom. The quantitative estimate of drug-likeness (QED) is 0.524. The zero-order valence-corrected chi connectivity index (χ0v) is 7.30. The van der Waals surface area contributed by atoms with Gasteiger partial charge in [-0.2, -0.15) is 0 Å². The normalized spacial score (nSPS) is 8.00. The Morgan fingerprint density at radius 2 is 2.00 bits per heavy atom. The Bertz CT molecular complexity index is 167. The van der Waals surface area contributed by atoms with E-state index in [-0.39, 0.29) is 31.9 Å². The Labute approximate surface area is 76.6 Å². The topological polar surface area (TPSA) is 63.6 Å². The van der Waals surface area contributed by atoms with E-state index in [1.807, 2.05) is 0 Å². The Balaban J connectivity index is 0. The first-order chi connectivity index (χ1) is 5.16. The lowest BCUT2D eigenvalue weighted by atomic mass is 10.3. The van der Waals surface area contributed by atoms with Crippen LogP contribution in [0, 0.1) is 0 Å². The molecule has 0 aromatic heterocycles. The minimum atomic E-state index is -0.999. The summed E-state index contributed by atoms with van der Waals surface area (Å²) in [4.78, 5) is 20.5. The number of ether oxygens (including phenoxy) is 1. The van der Waals surface area contributed by atoms with Crippen LogP contribution in [0.15, 0.2) is 12.7 Å². The van der Waals surface area contributed by atoms with Gasteiger partial charge in [-0.3, -0.25) is 9.59 Å². The van der Waals surface area contributed by atoms with Crippen LogP contribution < -0.4 is 0 Å². The van der Waals surface area contributed by atoms with Crippen LogP contribution in [0.1, 0.15) is 12.8 Å². The summed E-state index contributed by atoms with van der Waals surface area (Å²) in [6, 6.07) is 0. The number of aliphatic carboxylic acids is 1. The summed E-state index contributed by atoms with van der Waals surface area (Å²) >= 11 is 0. The Hall–Kier alpha value is -1.03. The molecule has 0 atom stereocenters. The van der Waals surface area contributed by atoms with Crippen molar-refractivity contribution in [3.63, 3.8) is 0 Å². The molecule has 12 heavy (non-hydrogen) atoms. The van der Waals surface area contributed by atoms with Crippen molar-refractivity contribution in [2.45, 2.75) is 12.8 Å². The second-order valence-electron chi connectivity index (χ2n) is 1.87. The molecule has 0 aliphatic rings. The zero-order chi connectivity index (χ0) is 8.69. The number of hydrogen-bond acceptors (Lipinski definition) is 3. The standard InChI is InChI=1S/C7H10O4.ClH/c1-2-5-11-7(10)4-3-6(8)9;/h2H,1,3-5H2,(H,8,9);1H. The third-order valence-electron chi connectivity index (χ3n) is 0.905. The third kappa shape index (κ3) is 8.97. The molecule has 0 saturated carbocycles. The fourth-order valence-corrected chi connectivity index (χ4v) is 0.433. The molecule has 0 rings (SSSR count). The highest BCUT2D eigenvalue weighted by Crippen LogP contribution is 1.92. The van der Waals surface area contributed by atoms with E-state index in [2.05, 4.69) is 11.3 Å². The number of carboxylic acids is 1. The van der Waals surface area contributed by atoms with Gasteiger partial charge in [-0.1, -0.05) is 12.7 Å². The monoisotopic (exact) mass is 194 g/mol. The van der Waals surface area contributed by atoms with Crippen molar-refractivity contribution in [1.29, 1.82) is 0 Å². The van der Waals surface area contributed by atoms with Crippen LogP contribution >= 0.6 is 12.4 Å². The van der Waals surface area contributed by atoms with E-state index in [4.69, 9.17) is 5.11 Å². The summed E-state index contributed by atoms with van der Waals surface area (Å²) < 4.78 is 4.52. The number of carboxylic acid groups (broad SMARTS) is 1. The van der Waals surface area contributed by atoms with Gasteiger partial charge in [0.05, 0.1) is 12.8 Å². The largest absolute Gasteiger partial charge is 0.481 e. The fraction of sp³-hybridized carbons (Fsp3) is 0.429. The highest BCUT2D eigenvalue weighted by atomic mass is 35.5. The van der Waals surface area contributed by atoms with Gasteiger partial charge in [-0.25, -0.2) is 0 Å². The second-order valence-corrected chi connectivity index (χ2v) is 1.87.